The van der Waals surface area contributed by atoms with Crippen LogP contribution in [0.1, 0.15) is 12.5 Å². The van der Waals surface area contributed by atoms with Crippen molar-refractivity contribution in [2.24, 2.45) is 0 Å². The summed E-state index contributed by atoms with van der Waals surface area (Å²) in [5.74, 6) is -1.78. The summed E-state index contributed by atoms with van der Waals surface area (Å²) >= 11 is 0. The van der Waals surface area contributed by atoms with Crippen molar-refractivity contribution in [2.75, 3.05) is 0 Å². The van der Waals surface area contributed by atoms with E-state index in [0.29, 0.717) is 4.73 Å². The Morgan fingerprint density at radius 1 is 1.13 bits per heavy atom. The molecule has 2 rings (SSSR count). The van der Waals surface area contributed by atoms with Gasteiger partial charge in [0.15, 0.2) is 0 Å². The van der Waals surface area contributed by atoms with Crippen molar-refractivity contribution < 1.29 is 29.4 Å². The van der Waals surface area contributed by atoms with Crippen LogP contribution in [0.15, 0.2) is 42.5 Å². The van der Waals surface area contributed by atoms with Gasteiger partial charge in [-0.1, -0.05) is 30.3 Å². The van der Waals surface area contributed by atoms with Crippen LogP contribution >= 0.6 is 0 Å². The van der Waals surface area contributed by atoms with Gasteiger partial charge >= 0.3 is 12.1 Å². The number of alkyl carbamates (subject to hydrolysis) is 1. The van der Waals surface area contributed by atoms with E-state index >= 15 is 0 Å². The van der Waals surface area contributed by atoms with E-state index in [1.165, 1.54) is 6.92 Å². The quantitative estimate of drug-likeness (QED) is 0.763. The lowest BCUT2D eigenvalue weighted by atomic mass is 10.2. The van der Waals surface area contributed by atoms with E-state index in [1.54, 1.807) is 12.1 Å². The van der Waals surface area contributed by atoms with E-state index in [9.17, 15) is 19.8 Å². The molecule has 1 aromatic carbocycles. The monoisotopic (exact) mass is 320 g/mol. The Bertz CT molecular complexity index is 663. The average Bonchev–Trinajstić information content (AvgIpc) is 2.85. The third-order valence-corrected chi connectivity index (χ3v) is 2.88. The number of benzene rings is 1. The molecule has 0 spiro atoms. The molecule has 1 aromatic heterocycles. The number of aromatic nitrogens is 1. The summed E-state index contributed by atoms with van der Waals surface area (Å²) in [6.07, 6.45) is -0.792. The van der Waals surface area contributed by atoms with Gasteiger partial charge in [-0.2, -0.15) is 0 Å². The smallest absolute Gasteiger partial charge is 0.408 e. The normalized spacial score (nSPS) is 11.5. The standard InChI is InChI=1S/C15H16N2O6/c1-10(14(20)23-17-12(18)7-8-13(17)19)16-15(21)22-9-11-5-3-2-4-6-11/h2-8,10,18-19H,9H2,1H3,(H,16,21)/t10-/m1/s1. The molecule has 1 amide bonds. The highest BCUT2D eigenvalue weighted by atomic mass is 16.7. The van der Waals surface area contributed by atoms with Crippen LogP contribution in [0.25, 0.3) is 0 Å². The molecule has 1 atom stereocenters. The van der Waals surface area contributed by atoms with Crippen LogP contribution in [0.2, 0.25) is 0 Å². The van der Waals surface area contributed by atoms with Gasteiger partial charge in [-0.15, -0.1) is 4.73 Å². The summed E-state index contributed by atoms with van der Waals surface area (Å²) in [7, 11) is 0. The van der Waals surface area contributed by atoms with E-state index < -0.39 is 29.9 Å². The van der Waals surface area contributed by atoms with Crippen molar-refractivity contribution in [1.82, 2.24) is 10.0 Å². The Hall–Kier alpha value is -3.16. The SMILES string of the molecule is C[C@@H](NC(=O)OCc1ccccc1)C(=O)On1c(O)ccc1O. The van der Waals surface area contributed by atoms with Crippen molar-refractivity contribution in [3.8, 4) is 11.8 Å². The van der Waals surface area contributed by atoms with Crippen molar-refractivity contribution in [3.63, 3.8) is 0 Å². The molecular weight excluding hydrogens is 304 g/mol. The molecule has 23 heavy (non-hydrogen) atoms. The van der Waals surface area contributed by atoms with E-state index in [4.69, 9.17) is 9.57 Å². The second-order valence-corrected chi connectivity index (χ2v) is 4.68. The Kier molecular flexibility index (Phi) is 5.08. The maximum absolute atomic E-state index is 11.8. The molecular formula is C15H16N2O6. The first-order valence-electron chi connectivity index (χ1n) is 6.76. The van der Waals surface area contributed by atoms with Crippen LogP contribution in [0.4, 0.5) is 4.79 Å². The van der Waals surface area contributed by atoms with E-state index in [-0.39, 0.29) is 6.61 Å². The zero-order valence-corrected chi connectivity index (χ0v) is 12.3. The number of carbonyl (C=O) groups is 2. The summed E-state index contributed by atoms with van der Waals surface area (Å²) in [5.41, 5.74) is 0.806. The van der Waals surface area contributed by atoms with Gasteiger partial charge < -0.3 is 25.1 Å². The fourth-order valence-corrected chi connectivity index (χ4v) is 1.66. The van der Waals surface area contributed by atoms with E-state index in [1.807, 2.05) is 18.2 Å². The van der Waals surface area contributed by atoms with E-state index in [0.717, 1.165) is 17.7 Å². The average molecular weight is 320 g/mol. The van der Waals surface area contributed by atoms with Gasteiger partial charge in [0.1, 0.15) is 12.6 Å². The number of hydrogen-bond acceptors (Lipinski definition) is 6. The third-order valence-electron chi connectivity index (χ3n) is 2.88. The van der Waals surface area contributed by atoms with Crippen LogP contribution in [0.5, 0.6) is 11.8 Å². The summed E-state index contributed by atoms with van der Waals surface area (Å²) < 4.78 is 5.51. The number of amides is 1. The molecule has 0 aliphatic rings. The molecule has 0 saturated heterocycles. The fraction of sp³-hybridized carbons (Fsp3) is 0.200. The van der Waals surface area contributed by atoms with Gasteiger partial charge in [-0.25, -0.2) is 9.59 Å². The Labute approximate surface area is 131 Å². The van der Waals surface area contributed by atoms with Crippen LogP contribution in [0.3, 0.4) is 0 Å². The van der Waals surface area contributed by atoms with Gasteiger partial charge in [-0.3, -0.25) is 0 Å². The minimum Gasteiger partial charge on any atom is -0.492 e. The second kappa shape index (κ2) is 7.21. The number of carbonyl (C=O) groups excluding carboxylic acids is 2. The van der Waals surface area contributed by atoms with Gasteiger partial charge in [0.05, 0.1) is 0 Å². The molecule has 0 unspecified atom stereocenters. The first-order valence-corrected chi connectivity index (χ1v) is 6.76. The van der Waals surface area contributed by atoms with Crippen molar-refractivity contribution in [3.05, 3.63) is 48.0 Å². The molecule has 3 N–H and O–H groups in total. The van der Waals surface area contributed by atoms with Crippen molar-refractivity contribution in [1.29, 1.82) is 0 Å². The summed E-state index contributed by atoms with van der Waals surface area (Å²) in [6, 6.07) is 10.3. The Balaban J connectivity index is 1.82. The Morgan fingerprint density at radius 3 is 2.35 bits per heavy atom. The molecule has 2 aromatic rings. The van der Waals surface area contributed by atoms with Gasteiger partial charge in [0.25, 0.3) is 0 Å². The number of rotatable bonds is 5. The second-order valence-electron chi connectivity index (χ2n) is 4.68. The molecule has 8 heteroatoms. The number of hydrogen-bond donors (Lipinski definition) is 3. The van der Waals surface area contributed by atoms with E-state index in [2.05, 4.69) is 5.32 Å². The molecule has 0 bridgehead atoms. The predicted octanol–water partition coefficient (Wildman–Crippen LogP) is 1.17. The summed E-state index contributed by atoms with van der Waals surface area (Å²) in [5, 5.41) is 21.0. The zero-order valence-electron chi connectivity index (χ0n) is 12.3. The number of ether oxygens (including phenoxy) is 1. The number of aromatic hydroxyl groups is 2. The minimum absolute atomic E-state index is 0.0631. The molecule has 0 aliphatic heterocycles. The molecule has 0 saturated carbocycles. The van der Waals surface area contributed by atoms with Crippen LogP contribution in [-0.4, -0.2) is 33.0 Å². The highest BCUT2D eigenvalue weighted by molar-refractivity contribution is 5.81. The molecule has 122 valence electrons. The van der Waals surface area contributed by atoms with Crippen LogP contribution in [-0.2, 0) is 16.1 Å². The Morgan fingerprint density at radius 2 is 1.74 bits per heavy atom. The molecule has 0 aliphatic carbocycles. The largest absolute Gasteiger partial charge is 0.492 e. The molecule has 0 radical (unpaired) electrons. The maximum Gasteiger partial charge on any atom is 0.408 e. The van der Waals surface area contributed by atoms with Crippen LogP contribution < -0.4 is 10.2 Å². The lowest BCUT2D eigenvalue weighted by Gasteiger charge is -2.14. The van der Waals surface area contributed by atoms with Crippen molar-refractivity contribution >= 4 is 12.1 Å². The summed E-state index contributed by atoms with van der Waals surface area (Å²) in [6.45, 7) is 1.44. The van der Waals surface area contributed by atoms with Crippen LogP contribution in [0, 0.1) is 0 Å². The maximum atomic E-state index is 11.8. The highest BCUT2D eigenvalue weighted by Gasteiger charge is 2.21. The van der Waals surface area contributed by atoms with Crippen molar-refractivity contribution in [2.45, 2.75) is 19.6 Å². The lowest BCUT2D eigenvalue weighted by molar-refractivity contribution is -0.147. The third kappa shape index (κ3) is 4.40. The van der Waals surface area contributed by atoms with Gasteiger partial charge in [0.2, 0.25) is 11.8 Å². The first kappa shape index (κ1) is 16.2. The first-order chi connectivity index (χ1) is 11.0. The number of nitrogens with zero attached hydrogens (tertiary/aromatic N) is 1. The van der Waals surface area contributed by atoms with Gasteiger partial charge in [0, 0.05) is 12.1 Å². The zero-order chi connectivity index (χ0) is 16.8. The minimum atomic E-state index is -1.04. The topological polar surface area (TPSA) is 110 Å². The molecule has 0 fully saturated rings. The highest BCUT2D eigenvalue weighted by Crippen LogP contribution is 2.18. The number of nitrogens with one attached hydrogen (secondary N) is 1. The van der Waals surface area contributed by atoms with Gasteiger partial charge in [-0.05, 0) is 12.5 Å². The molecule has 8 nitrogen and oxygen atoms in total. The predicted molar refractivity (Wildman–Crippen MR) is 78.6 cm³/mol. The summed E-state index contributed by atoms with van der Waals surface area (Å²) in [4.78, 5) is 28.2. The fourth-order valence-electron chi connectivity index (χ4n) is 1.66. The lowest BCUT2D eigenvalue weighted by Crippen LogP contribution is -2.42. The molecule has 1 heterocycles.